The molecule has 3 rings (SSSR count). The van der Waals surface area contributed by atoms with E-state index in [1.807, 2.05) is 6.07 Å². The third-order valence-corrected chi connectivity index (χ3v) is 4.11. The van der Waals surface area contributed by atoms with Crippen LogP contribution in [0.5, 0.6) is 0 Å². The zero-order chi connectivity index (χ0) is 13.9. The van der Waals surface area contributed by atoms with Crippen molar-refractivity contribution < 1.29 is 4.74 Å². The smallest absolute Gasteiger partial charge is 0.0670 e. The lowest BCUT2D eigenvalue weighted by molar-refractivity contribution is 0.0914. The van der Waals surface area contributed by atoms with Crippen LogP contribution in [-0.2, 0) is 4.74 Å². The van der Waals surface area contributed by atoms with Gasteiger partial charge in [-0.2, -0.15) is 0 Å². The second-order valence-corrected chi connectivity index (χ2v) is 5.43. The predicted octanol–water partition coefficient (Wildman–Crippen LogP) is 3.43. The Hall–Kier alpha value is -1.74. The number of rotatable bonds is 3. The van der Waals surface area contributed by atoms with Gasteiger partial charge in [-0.1, -0.05) is 43.7 Å². The normalized spacial score (nSPS) is 19.4. The Morgan fingerprint density at radius 3 is 2.95 bits per heavy atom. The van der Waals surface area contributed by atoms with Crippen LogP contribution < -0.4 is 10.6 Å². The number of morpholine rings is 1. The molecule has 3 heteroatoms. The highest BCUT2D eigenvalue weighted by Gasteiger charge is 2.24. The second-order valence-electron chi connectivity index (χ2n) is 5.43. The van der Waals surface area contributed by atoms with Crippen LogP contribution in [0.3, 0.4) is 0 Å². The van der Waals surface area contributed by atoms with Gasteiger partial charge in [-0.25, -0.2) is 0 Å². The molecule has 2 N–H and O–H groups in total. The molecule has 1 saturated heterocycles. The van der Waals surface area contributed by atoms with E-state index >= 15 is 0 Å². The molecule has 0 amide bonds. The largest absolute Gasteiger partial charge is 0.397 e. The van der Waals surface area contributed by atoms with Crippen LogP contribution in [0.1, 0.15) is 19.8 Å². The van der Waals surface area contributed by atoms with Crippen molar-refractivity contribution in [3.05, 3.63) is 36.4 Å². The molecule has 2 aromatic rings. The van der Waals surface area contributed by atoms with Gasteiger partial charge in [0.15, 0.2) is 0 Å². The van der Waals surface area contributed by atoms with Gasteiger partial charge >= 0.3 is 0 Å². The fourth-order valence-electron chi connectivity index (χ4n) is 3.08. The lowest BCUT2D eigenvalue weighted by Gasteiger charge is -2.38. The maximum absolute atomic E-state index is 6.43. The van der Waals surface area contributed by atoms with Crippen molar-refractivity contribution >= 4 is 22.1 Å². The van der Waals surface area contributed by atoms with Crippen molar-refractivity contribution in [1.82, 2.24) is 0 Å². The molecule has 1 atom stereocenters. The lowest BCUT2D eigenvalue weighted by atomic mass is 10.0. The van der Waals surface area contributed by atoms with Gasteiger partial charge in [0.25, 0.3) is 0 Å². The van der Waals surface area contributed by atoms with Crippen LogP contribution in [0.25, 0.3) is 10.8 Å². The van der Waals surface area contributed by atoms with Crippen molar-refractivity contribution in [3.63, 3.8) is 0 Å². The van der Waals surface area contributed by atoms with Crippen LogP contribution >= 0.6 is 0 Å². The fourth-order valence-corrected chi connectivity index (χ4v) is 3.08. The van der Waals surface area contributed by atoms with Gasteiger partial charge in [-0.15, -0.1) is 0 Å². The molecule has 2 aromatic carbocycles. The summed E-state index contributed by atoms with van der Waals surface area (Å²) in [6.45, 7) is 4.73. The molecule has 1 aliphatic heterocycles. The van der Waals surface area contributed by atoms with Crippen LogP contribution in [-0.4, -0.2) is 25.8 Å². The number of nitrogens with zero attached hydrogens (tertiary/aromatic N) is 1. The van der Waals surface area contributed by atoms with Crippen molar-refractivity contribution in [2.24, 2.45) is 0 Å². The van der Waals surface area contributed by atoms with Crippen LogP contribution in [0, 0.1) is 0 Å². The minimum Gasteiger partial charge on any atom is -0.397 e. The van der Waals surface area contributed by atoms with E-state index in [-0.39, 0.29) is 0 Å². The second kappa shape index (κ2) is 5.71. The number of hydrogen-bond donors (Lipinski definition) is 1. The van der Waals surface area contributed by atoms with Gasteiger partial charge < -0.3 is 15.4 Å². The first-order valence-corrected chi connectivity index (χ1v) is 7.43. The molecule has 0 bridgehead atoms. The maximum Gasteiger partial charge on any atom is 0.0670 e. The highest BCUT2D eigenvalue weighted by molar-refractivity contribution is 5.99. The van der Waals surface area contributed by atoms with Crippen LogP contribution in [0.15, 0.2) is 36.4 Å². The Kier molecular flexibility index (Phi) is 3.79. The van der Waals surface area contributed by atoms with E-state index in [9.17, 15) is 0 Å². The fraction of sp³-hybridized carbons (Fsp3) is 0.412. The zero-order valence-corrected chi connectivity index (χ0v) is 12.0. The molecule has 0 radical (unpaired) electrons. The molecular weight excluding hydrogens is 248 g/mol. The topological polar surface area (TPSA) is 38.5 Å². The van der Waals surface area contributed by atoms with E-state index in [0.717, 1.165) is 49.4 Å². The summed E-state index contributed by atoms with van der Waals surface area (Å²) < 4.78 is 5.63. The molecule has 1 heterocycles. The summed E-state index contributed by atoms with van der Waals surface area (Å²) in [7, 11) is 0. The SMILES string of the molecule is CCCC1COCCN1c1ccc2ccccc2c1N. The summed E-state index contributed by atoms with van der Waals surface area (Å²) in [5, 5.41) is 2.35. The molecule has 106 valence electrons. The standard InChI is InChI=1S/C17H22N2O/c1-2-5-14-12-20-11-10-19(14)16-9-8-13-6-3-4-7-15(13)17(16)18/h3-4,6-9,14H,2,5,10-12,18H2,1H3. The number of ether oxygens (including phenoxy) is 1. The number of anilines is 2. The Bertz CT molecular complexity index is 595. The van der Waals surface area contributed by atoms with Crippen molar-refractivity contribution in [3.8, 4) is 0 Å². The van der Waals surface area contributed by atoms with Crippen molar-refractivity contribution in [1.29, 1.82) is 0 Å². The molecular formula is C17H22N2O. The third kappa shape index (κ3) is 2.34. The first-order valence-electron chi connectivity index (χ1n) is 7.43. The first-order chi connectivity index (χ1) is 9.81. The molecule has 0 aromatic heterocycles. The monoisotopic (exact) mass is 270 g/mol. The maximum atomic E-state index is 6.43. The van der Waals surface area contributed by atoms with Gasteiger partial charge in [-0.05, 0) is 17.9 Å². The number of fused-ring (bicyclic) bond motifs is 1. The minimum absolute atomic E-state index is 0.442. The predicted molar refractivity (Wildman–Crippen MR) is 85.2 cm³/mol. The third-order valence-electron chi connectivity index (χ3n) is 4.11. The molecule has 3 nitrogen and oxygen atoms in total. The highest BCUT2D eigenvalue weighted by atomic mass is 16.5. The Morgan fingerprint density at radius 1 is 1.25 bits per heavy atom. The van der Waals surface area contributed by atoms with Gasteiger partial charge in [0, 0.05) is 11.9 Å². The molecule has 1 unspecified atom stereocenters. The molecule has 0 spiro atoms. The van der Waals surface area contributed by atoms with E-state index in [0.29, 0.717) is 6.04 Å². The van der Waals surface area contributed by atoms with E-state index in [1.165, 1.54) is 5.39 Å². The minimum atomic E-state index is 0.442. The molecule has 20 heavy (non-hydrogen) atoms. The Labute approximate surface area is 120 Å². The van der Waals surface area contributed by atoms with Crippen LogP contribution in [0.4, 0.5) is 11.4 Å². The average molecular weight is 270 g/mol. The van der Waals surface area contributed by atoms with Crippen molar-refractivity contribution in [2.75, 3.05) is 30.4 Å². The summed E-state index contributed by atoms with van der Waals surface area (Å²) in [6, 6.07) is 13.1. The quantitative estimate of drug-likeness (QED) is 0.868. The van der Waals surface area contributed by atoms with E-state index in [4.69, 9.17) is 10.5 Å². The van der Waals surface area contributed by atoms with Gasteiger partial charge in [-0.3, -0.25) is 0 Å². The van der Waals surface area contributed by atoms with Gasteiger partial charge in [0.05, 0.1) is 30.6 Å². The van der Waals surface area contributed by atoms with Gasteiger partial charge in [0.1, 0.15) is 0 Å². The molecule has 1 fully saturated rings. The van der Waals surface area contributed by atoms with E-state index in [1.54, 1.807) is 0 Å². The van der Waals surface area contributed by atoms with E-state index < -0.39 is 0 Å². The number of nitrogens with two attached hydrogens (primary N) is 1. The average Bonchev–Trinajstić information content (AvgIpc) is 2.49. The van der Waals surface area contributed by atoms with Crippen molar-refractivity contribution in [2.45, 2.75) is 25.8 Å². The summed E-state index contributed by atoms with van der Waals surface area (Å²) in [5.41, 5.74) is 8.48. The molecule has 0 aliphatic carbocycles. The number of benzene rings is 2. The summed E-state index contributed by atoms with van der Waals surface area (Å²) >= 11 is 0. The summed E-state index contributed by atoms with van der Waals surface area (Å²) in [4.78, 5) is 2.43. The molecule has 0 saturated carbocycles. The molecule has 1 aliphatic rings. The lowest BCUT2D eigenvalue weighted by Crippen LogP contribution is -2.45. The number of hydrogen-bond acceptors (Lipinski definition) is 3. The van der Waals surface area contributed by atoms with E-state index in [2.05, 4.69) is 42.2 Å². The summed E-state index contributed by atoms with van der Waals surface area (Å²) in [6.07, 6.45) is 2.31. The Balaban J connectivity index is 2.01. The van der Waals surface area contributed by atoms with Crippen LogP contribution in [0.2, 0.25) is 0 Å². The highest BCUT2D eigenvalue weighted by Crippen LogP contribution is 2.33. The Morgan fingerprint density at radius 2 is 2.10 bits per heavy atom. The number of nitrogen functional groups attached to an aromatic ring is 1. The zero-order valence-electron chi connectivity index (χ0n) is 12.0. The van der Waals surface area contributed by atoms with Gasteiger partial charge in [0.2, 0.25) is 0 Å². The first kappa shape index (κ1) is 13.3. The summed E-state index contributed by atoms with van der Waals surface area (Å²) in [5.74, 6) is 0.